The van der Waals surface area contributed by atoms with Crippen molar-refractivity contribution < 1.29 is 28.8 Å². The SMILES string of the molecule is CNC(=O)[C@H](C)NC(=O)[C@@H](NC(=O)N(CCC#N)CCN(C(=O)N[C@@H](Cc1ccccc1)C(=O)N[C@@H](CC(C)C)C(=O)NC)c1ccccc1)C(C)C. The van der Waals surface area contributed by atoms with Gasteiger partial charge >= 0.3 is 12.1 Å². The van der Waals surface area contributed by atoms with Crippen LogP contribution < -0.4 is 36.8 Å². The van der Waals surface area contributed by atoms with Crippen LogP contribution in [-0.4, -0.2) is 98.5 Å². The summed E-state index contributed by atoms with van der Waals surface area (Å²) in [5.74, 6) is -2.08. The molecule has 0 saturated heterocycles. The van der Waals surface area contributed by atoms with E-state index in [1.807, 2.05) is 50.2 Å². The van der Waals surface area contributed by atoms with Crippen LogP contribution in [0.3, 0.4) is 0 Å². The summed E-state index contributed by atoms with van der Waals surface area (Å²) in [6, 6.07) is 14.9. The summed E-state index contributed by atoms with van der Waals surface area (Å²) in [6.45, 7) is 8.82. The third-order valence-electron chi connectivity index (χ3n) is 8.40. The van der Waals surface area contributed by atoms with E-state index < -0.39 is 54.0 Å². The van der Waals surface area contributed by atoms with Gasteiger partial charge in [0.15, 0.2) is 0 Å². The Hall–Kier alpha value is -5.65. The minimum atomic E-state index is -1.07. The van der Waals surface area contributed by atoms with E-state index in [4.69, 9.17) is 0 Å². The molecule has 2 rings (SSSR count). The number of carbonyl (C=O) groups is 6. The molecule has 0 aliphatic carbocycles. The maximum atomic E-state index is 14.1. The van der Waals surface area contributed by atoms with E-state index in [1.54, 1.807) is 44.2 Å². The molecule has 0 radical (unpaired) electrons. The molecule has 0 aliphatic rings. The Bertz CT molecular complexity index is 1550. The molecule has 0 bridgehead atoms. The monoisotopic (exact) mass is 733 g/mol. The zero-order valence-electron chi connectivity index (χ0n) is 31.8. The number of rotatable bonds is 19. The minimum Gasteiger partial charge on any atom is -0.357 e. The van der Waals surface area contributed by atoms with E-state index in [0.29, 0.717) is 12.1 Å². The Labute approximate surface area is 312 Å². The molecule has 0 saturated carbocycles. The molecule has 0 fully saturated rings. The maximum Gasteiger partial charge on any atom is 0.322 e. The van der Waals surface area contributed by atoms with E-state index in [9.17, 15) is 34.0 Å². The van der Waals surface area contributed by atoms with Crippen LogP contribution in [0.15, 0.2) is 60.7 Å². The van der Waals surface area contributed by atoms with Crippen molar-refractivity contribution in [3.05, 3.63) is 66.2 Å². The van der Waals surface area contributed by atoms with Crippen molar-refractivity contribution in [1.82, 2.24) is 36.8 Å². The number of anilines is 1. The summed E-state index contributed by atoms with van der Waals surface area (Å²) in [4.78, 5) is 82.1. The van der Waals surface area contributed by atoms with Crippen molar-refractivity contribution in [1.29, 1.82) is 5.26 Å². The van der Waals surface area contributed by atoms with Gasteiger partial charge in [0.25, 0.3) is 0 Å². The number of urea groups is 2. The van der Waals surface area contributed by atoms with Crippen LogP contribution in [0.2, 0.25) is 0 Å². The minimum absolute atomic E-state index is 0.00340. The van der Waals surface area contributed by atoms with Gasteiger partial charge in [-0.3, -0.25) is 24.1 Å². The average Bonchev–Trinajstić information content (AvgIpc) is 3.14. The number of amides is 8. The summed E-state index contributed by atoms with van der Waals surface area (Å²) >= 11 is 0. The average molecular weight is 734 g/mol. The summed E-state index contributed by atoms with van der Waals surface area (Å²) in [5, 5.41) is 25.4. The highest BCUT2D eigenvalue weighted by atomic mass is 16.2. The van der Waals surface area contributed by atoms with E-state index in [0.717, 1.165) is 5.56 Å². The second kappa shape index (κ2) is 22.3. The van der Waals surface area contributed by atoms with Gasteiger partial charge in [-0.25, -0.2) is 9.59 Å². The standard InChI is InChI=1S/C38H55N9O6/c1-25(2)23-30(34(49)41-7)43-35(50)31(24-28-15-10-8-11-16-28)44-38(53)47(29-17-12-9-13-18-29)22-21-46(20-14-19-39)37(52)45-32(26(3)4)36(51)42-27(5)33(48)40-6/h8-13,15-18,25-27,30-32H,14,20-24H2,1-7H3,(H,40,48)(H,41,49)(H,42,51)(H,43,50)(H,44,53)(H,45,52)/t27-,30-,31-,32-/m0/s1. The molecule has 4 atom stereocenters. The molecular weight excluding hydrogens is 678 g/mol. The smallest absolute Gasteiger partial charge is 0.322 e. The Kier molecular flexibility index (Phi) is 18.3. The number of nitrogens with one attached hydrogen (secondary N) is 6. The van der Waals surface area contributed by atoms with Gasteiger partial charge in [0.05, 0.1) is 12.5 Å². The summed E-state index contributed by atoms with van der Waals surface area (Å²) in [6.07, 6.45) is 0.511. The van der Waals surface area contributed by atoms with Crippen molar-refractivity contribution in [2.24, 2.45) is 11.8 Å². The molecule has 0 unspecified atom stereocenters. The zero-order chi connectivity index (χ0) is 39.5. The van der Waals surface area contributed by atoms with Crippen LogP contribution in [-0.2, 0) is 25.6 Å². The number of para-hydroxylation sites is 1. The topological polar surface area (TPSA) is 205 Å². The predicted molar refractivity (Wildman–Crippen MR) is 202 cm³/mol. The molecule has 2 aromatic carbocycles. The molecule has 2 aromatic rings. The molecular formula is C38H55N9O6. The van der Waals surface area contributed by atoms with Gasteiger partial charge < -0.3 is 36.8 Å². The fourth-order valence-electron chi connectivity index (χ4n) is 5.46. The molecule has 53 heavy (non-hydrogen) atoms. The van der Waals surface area contributed by atoms with Gasteiger partial charge in [-0.05, 0) is 42.9 Å². The van der Waals surface area contributed by atoms with Gasteiger partial charge in [0, 0.05) is 45.8 Å². The normalized spacial score (nSPS) is 13.0. The van der Waals surface area contributed by atoms with Crippen molar-refractivity contribution in [3.8, 4) is 6.07 Å². The van der Waals surface area contributed by atoms with Crippen molar-refractivity contribution in [2.45, 2.75) is 78.0 Å². The van der Waals surface area contributed by atoms with Crippen LogP contribution in [0.1, 0.15) is 53.0 Å². The number of hydrogen-bond donors (Lipinski definition) is 6. The van der Waals surface area contributed by atoms with E-state index in [-0.39, 0.29) is 50.2 Å². The second-order valence-corrected chi connectivity index (χ2v) is 13.4. The lowest BCUT2D eigenvalue weighted by Crippen LogP contribution is -2.58. The summed E-state index contributed by atoms with van der Waals surface area (Å²) in [7, 11) is 2.95. The predicted octanol–water partition coefficient (Wildman–Crippen LogP) is 2.29. The fraction of sp³-hybridized carbons (Fsp3) is 0.500. The van der Waals surface area contributed by atoms with Gasteiger partial charge in [-0.15, -0.1) is 0 Å². The Morgan fingerprint density at radius 1 is 0.660 bits per heavy atom. The first-order chi connectivity index (χ1) is 25.2. The molecule has 0 heterocycles. The van der Waals surface area contributed by atoms with Crippen LogP contribution in [0, 0.1) is 23.2 Å². The first kappa shape index (κ1) is 43.5. The van der Waals surface area contributed by atoms with Crippen molar-refractivity contribution >= 4 is 41.4 Å². The highest BCUT2D eigenvalue weighted by Crippen LogP contribution is 2.16. The number of nitriles is 1. The van der Waals surface area contributed by atoms with E-state index in [2.05, 4.69) is 31.9 Å². The first-order valence-corrected chi connectivity index (χ1v) is 17.9. The Balaban J connectivity index is 2.37. The van der Waals surface area contributed by atoms with E-state index in [1.165, 1.54) is 30.8 Å². The Morgan fingerprint density at radius 3 is 1.81 bits per heavy atom. The zero-order valence-corrected chi connectivity index (χ0v) is 31.8. The molecule has 15 nitrogen and oxygen atoms in total. The second-order valence-electron chi connectivity index (χ2n) is 13.4. The molecule has 8 amide bonds. The number of hydrogen-bond acceptors (Lipinski definition) is 7. The van der Waals surface area contributed by atoms with Gasteiger partial charge in [0.1, 0.15) is 24.2 Å². The number of benzene rings is 2. The van der Waals surface area contributed by atoms with Gasteiger partial charge in [-0.2, -0.15) is 5.26 Å². The highest BCUT2D eigenvalue weighted by molar-refractivity contribution is 5.97. The van der Waals surface area contributed by atoms with Gasteiger partial charge in [0.2, 0.25) is 23.6 Å². The molecule has 6 N–H and O–H groups in total. The number of carbonyl (C=O) groups excluding carboxylic acids is 6. The third kappa shape index (κ3) is 14.5. The molecule has 288 valence electrons. The van der Waals surface area contributed by atoms with Gasteiger partial charge in [-0.1, -0.05) is 76.2 Å². The van der Waals surface area contributed by atoms with E-state index >= 15 is 0 Å². The molecule has 0 aliphatic heterocycles. The molecule has 0 spiro atoms. The van der Waals surface area contributed by atoms with Crippen LogP contribution in [0.25, 0.3) is 0 Å². The van der Waals surface area contributed by atoms with Crippen molar-refractivity contribution in [2.75, 3.05) is 38.6 Å². The van der Waals surface area contributed by atoms with Crippen molar-refractivity contribution in [3.63, 3.8) is 0 Å². The highest BCUT2D eigenvalue weighted by Gasteiger charge is 2.31. The first-order valence-electron chi connectivity index (χ1n) is 17.9. The lowest BCUT2D eigenvalue weighted by Gasteiger charge is -2.31. The summed E-state index contributed by atoms with van der Waals surface area (Å²) in [5.41, 5.74) is 1.27. The number of nitrogens with zero attached hydrogens (tertiary/aromatic N) is 3. The summed E-state index contributed by atoms with van der Waals surface area (Å²) < 4.78 is 0. The quantitative estimate of drug-likeness (QED) is 0.127. The van der Waals surface area contributed by atoms with Crippen LogP contribution >= 0.6 is 0 Å². The largest absolute Gasteiger partial charge is 0.357 e. The fourth-order valence-corrected chi connectivity index (χ4v) is 5.46. The van der Waals surface area contributed by atoms with Crippen LogP contribution in [0.4, 0.5) is 15.3 Å². The number of likely N-dealkylation sites (N-methyl/N-ethyl adjacent to an activating group) is 2. The Morgan fingerprint density at radius 2 is 1.26 bits per heavy atom. The molecule has 15 heteroatoms. The lowest BCUT2D eigenvalue weighted by molar-refractivity contribution is -0.130. The van der Waals surface area contributed by atoms with Crippen LogP contribution in [0.5, 0.6) is 0 Å². The lowest BCUT2D eigenvalue weighted by atomic mass is 10.0. The maximum absolute atomic E-state index is 14.1. The molecule has 0 aromatic heterocycles. The third-order valence-corrected chi connectivity index (χ3v) is 8.40.